The highest BCUT2D eigenvalue weighted by Gasteiger charge is 2.16. The fraction of sp³-hybridized carbons (Fsp3) is 0.533. The number of aryl methyl sites for hydroxylation is 1. The number of nitrogens with zero attached hydrogens (tertiary/aromatic N) is 4. The number of aromatic nitrogens is 4. The first-order valence-electron chi connectivity index (χ1n) is 7.24. The zero-order chi connectivity index (χ0) is 15.2. The minimum Gasteiger partial charge on any atom is -0.314 e. The number of benzene rings is 1. The van der Waals surface area contributed by atoms with Crippen molar-refractivity contribution in [3.8, 4) is 0 Å². The van der Waals surface area contributed by atoms with Crippen LogP contribution in [-0.2, 0) is 19.9 Å². The molecule has 1 atom stereocenters. The minimum absolute atomic E-state index is 0.154. The van der Waals surface area contributed by atoms with E-state index in [0.29, 0.717) is 24.7 Å². The number of rotatable bonds is 7. The van der Waals surface area contributed by atoms with E-state index < -0.39 is 0 Å². The quantitative estimate of drug-likeness (QED) is 0.844. The molecule has 0 saturated carbocycles. The molecule has 1 unspecified atom stereocenters. The molecule has 0 aliphatic rings. The van der Waals surface area contributed by atoms with E-state index in [-0.39, 0.29) is 11.7 Å². The minimum atomic E-state index is -0.154. The lowest BCUT2D eigenvalue weighted by Gasteiger charge is -2.18. The average Bonchev–Trinajstić information content (AvgIpc) is 2.84. The third-order valence-electron chi connectivity index (χ3n) is 3.30. The lowest BCUT2D eigenvalue weighted by molar-refractivity contribution is 0.430. The van der Waals surface area contributed by atoms with Crippen molar-refractivity contribution >= 4 is 0 Å². The molecule has 21 heavy (non-hydrogen) atoms. The normalized spacial score (nSPS) is 12.8. The Morgan fingerprint density at radius 1 is 1.24 bits per heavy atom. The van der Waals surface area contributed by atoms with Crippen LogP contribution in [0.3, 0.4) is 0 Å². The van der Waals surface area contributed by atoms with Gasteiger partial charge in [-0.3, -0.25) is 0 Å². The summed E-state index contributed by atoms with van der Waals surface area (Å²) in [5.74, 6) is 0.775. The summed E-state index contributed by atoms with van der Waals surface area (Å²) in [6.07, 6.45) is 1.34. The largest absolute Gasteiger partial charge is 0.314 e. The Hall–Kier alpha value is -1.82. The van der Waals surface area contributed by atoms with Gasteiger partial charge in [0.1, 0.15) is 5.82 Å². The standard InChI is InChI=1S/C15H22FN5/c1-11(2)17-10-12(9-15-18-20-21(3)19-15)8-13-6-4-5-7-14(13)16/h4-7,11-12,17H,8-10H2,1-3H3. The summed E-state index contributed by atoms with van der Waals surface area (Å²) in [6.45, 7) is 4.99. The molecule has 1 aromatic heterocycles. The molecule has 114 valence electrons. The Kier molecular flexibility index (Phi) is 5.38. The second-order valence-electron chi connectivity index (χ2n) is 5.62. The molecule has 2 rings (SSSR count). The molecular formula is C15H22FN5. The molecule has 2 aromatic rings. The number of halogens is 1. The Labute approximate surface area is 124 Å². The van der Waals surface area contributed by atoms with Crippen LogP contribution in [0.5, 0.6) is 0 Å². The number of hydrogen-bond donors (Lipinski definition) is 1. The van der Waals surface area contributed by atoms with Crippen molar-refractivity contribution in [1.29, 1.82) is 0 Å². The van der Waals surface area contributed by atoms with E-state index in [1.165, 1.54) is 10.9 Å². The third-order valence-corrected chi connectivity index (χ3v) is 3.30. The van der Waals surface area contributed by atoms with Crippen LogP contribution in [0.1, 0.15) is 25.2 Å². The van der Waals surface area contributed by atoms with Gasteiger partial charge in [-0.1, -0.05) is 32.0 Å². The van der Waals surface area contributed by atoms with Gasteiger partial charge in [0, 0.05) is 12.5 Å². The smallest absolute Gasteiger partial charge is 0.175 e. The highest BCUT2D eigenvalue weighted by atomic mass is 19.1. The fourth-order valence-electron chi connectivity index (χ4n) is 2.26. The molecule has 1 N–H and O–H groups in total. The average molecular weight is 291 g/mol. The summed E-state index contributed by atoms with van der Waals surface area (Å²) < 4.78 is 13.8. The van der Waals surface area contributed by atoms with Crippen molar-refractivity contribution in [2.75, 3.05) is 6.54 Å². The van der Waals surface area contributed by atoms with Crippen molar-refractivity contribution in [2.45, 2.75) is 32.7 Å². The SMILES string of the molecule is CC(C)NCC(Cc1nnn(C)n1)Cc1ccccc1F. The highest BCUT2D eigenvalue weighted by molar-refractivity contribution is 5.18. The van der Waals surface area contributed by atoms with Gasteiger partial charge < -0.3 is 5.32 Å². The van der Waals surface area contributed by atoms with E-state index in [9.17, 15) is 4.39 Å². The van der Waals surface area contributed by atoms with E-state index in [0.717, 1.165) is 12.1 Å². The molecule has 0 radical (unpaired) electrons. The molecule has 0 saturated heterocycles. The Morgan fingerprint density at radius 3 is 2.62 bits per heavy atom. The molecule has 5 nitrogen and oxygen atoms in total. The predicted octanol–water partition coefficient (Wildman–Crippen LogP) is 1.75. The van der Waals surface area contributed by atoms with Gasteiger partial charge in [0.05, 0.1) is 7.05 Å². The molecule has 0 fully saturated rings. The molecule has 0 amide bonds. The first kappa shape index (κ1) is 15.6. The van der Waals surface area contributed by atoms with Crippen LogP contribution in [0.15, 0.2) is 24.3 Å². The molecule has 6 heteroatoms. The van der Waals surface area contributed by atoms with Crippen LogP contribution in [0.4, 0.5) is 4.39 Å². The monoisotopic (exact) mass is 291 g/mol. The summed E-state index contributed by atoms with van der Waals surface area (Å²) in [7, 11) is 1.74. The topological polar surface area (TPSA) is 55.6 Å². The van der Waals surface area contributed by atoms with Gasteiger partial charge in [0.25, 0.3) is 0 Å². The molecule has 1 aromatic carbocycles. The van der Waals surface area contributed by atoms with Crippen LogP contribution in [0, 0.1) is 11.7 Å². The summed E-state index contributed by atoms with van der Waals surface area (Å²) in [5.41, 5.74) is 0.733. The van der Waals surface area contributed by atoms with Crippen LogP contribution in [0.25, 0.3) is 0 Å². The summed E-state index contributed by atoms with van der Waals surface area (Å²) >= 11 is 0. The van der Waals surface area contributed by atoms with Gasteiger partial charge >= 0.3 is 0 Å². The molecule has 1 heterocycles. The predicted molar refractivity (Wildman–Crippen MR) is 79.2 cm³/mol. The molecule has 0 bridgehead atoms. The maximum atomic E-state index is 13.8. The first-order valence-corrected chi connectivity index (χ1v) is 7.24. The zero-order valence-electron chi connectivity index (χ0n) is 12.8. The third kappa shape index (κ3) is 4.90. The Bertz CT molecular complexity index is 567. The van der Waals surface area contributed by atoms with Gasteiger partial charge in [0.15, 0.2) is 5.82 Å². The second-order valence-corrected chi connectivity index (χ2v) is 5.62. The van der Waals surface area contributed by atoms with Crippen LogP contribution in [-0.4, -0.2) is 32.8 Å². The molecule has 0 spiro atoms. The van der Waals surface area contributed by atoms with Gasteiger partial charge in [-0.05, 0) is 35.7 Å². The van der Waals surface area contributed by atoms with Gasteiger partial charge in [-0.2, -0.15) is 4.80 Å². The van der Waals surface area contributed by atoms with E-state index in [4.69, 9.17) is 0 Å². The van der Waals surface area contributed by atoms with Crippen LogP contribution >= 0.6 is 0 Å². The van der Waals surface area contributed by atoms with Crippen molar-refractivity contribution in [3.63, 3.8) is 0 Å². The summed E-state index contributed by atoms with van der Waals surface area (Å²) in [6, 6.07) is 7.31. The van der Waals surface area contributed by atoms with Gasteiger partial charge in [-0.25, -0.2) is 4.39 Å². The zero-order valence-corrected chi connectivity index (χ0v) is 12.8. The maximum absolute atomic E-state index is 13.8. The van der Waals surface area contributed by atoms with Crippen molar-refractivity contribution in [2.24, 2.45) is 13.0 Å². The number of tetrazole rings is 1. The summed E-state index contributed by atoms with van der Waals surface area (Å²) in [4.78, 5) is 1.45. The maximum Gasteiger partial charge on any atom is 0.175 e. The van der Waals surface area contributed by atoms with Gasteiger partial charge in [-0.15, -0.1) is 10.2 Å². The first-order chi connectivity index (χ1) is 10.0. The van der Waals surface area contributed by atoms with Gasteiger partial charge in [0.2, 0.25) is 0 Å². The lowest BCUT2D eigenvalue weighted by atomic mass is 9.95. The van der Waals surface area contributed by atoms with E-state index in [1.807, 2.05) is 12.1 Å². The van der Waals surface area contributed by atoms with Crippen molar-refractivity contribution < 1.29 is 4.39 Å². The number of nitrogens with one attached hydrogen (secondary N) is 1. The fourth-order valence-corrected chi connectivity index (χ4v) is 2.26. The van der Waals surface area contributed by atoms with Crippen molar-refractivity contribution in [1.82, 2.24) is 25.5 Å². The van der Waals surface area contributed by atoms with E-state index in [2.05, 4.69) is 34.6 Å². The van der Waals surface area contributed by atoms with Crippen LogP contribution in [0.2, 0.25) is 0 Å². The van der Waals surface area contributed by atoms with Crippen molar-refractivity contribution in [3.05, 3.63) is 41.5 Å². The summed E-state index contributed by atoms with van der Waals surface area (Å²) in [5, 5.41) is 15.5. The Balaban J connectivity index is 2.06. The van der Waals surface area contributed by atoms with Crippen LogP contribution < -0.4 is 5.32 Å². The Morgan fingerprint density at radius 2 is 2.00 bits per heavy atom. The highest BCUT2D eigenvalue weighted by Crippen LogP contribution is 2.15. The molecule has 0 aliphatic heterocycles. The van der Waals surface area contributed by atoms with E-state index in [1.54, 1.807) is 13.1 Å². The van der Waals surface area contributed by atoms with E-state index >= 15 is 0 Å². The molecular weight excluding hydrogens is 269 g/mol. The second kappa shape index (κ2) is 7.26. The molecule has 0 aliphatic carbocycles. The lowest BCUT2D eigenvalue weighted by Crippen LogP contribution is -2.31. The number of hydrogen-bond acceptors (Lipinski definition) is 4.